The zero-order valence-corrected chi connectivity index (χ0v) is 20.3. The highest BCUT2D eigenvalue weighted by atomic mass is 32.2. The fraction of sp³-hybridized carbons (Fsp3) is 0.143. The van der Waals surface area contributed by atoms with Crippen molar-refractivity contribution in [2.24, 2.45) is 0 Å². The summed E-state index contributed by atoms with van der Waals surface area (Å²) < 4.78 is 57.7. The van der Waals surface area contributed by atoms with Crippen LogP contribution in [0.25, 0.3) is 6.08 Å². The second kappa shape index (κ2) is 10.1. The Hall–Kier alpha value is -3.60. The van der Waals surface area contributed by atoms with Crippen molar-refractivity contribution in [3.63, 3.8) is 0 Å². The number of sulfone groups is 1. The molecule has 34 heavy (non-hydrogen) atoms. The van der Waals surface area contributed by atoms with Gasteiger partial charge in [-0.2, -0.15) is 23.0 Å². The lowest BCUT2D eigenvalue weighted by molar-refractivity contribution is -0.112. The molecule has 2 aromatic carbocycles. The average Bonchev–Trinajstić information content (AvgIpc) is 3.28. The lowest BCUT2D eigenvalue weighted by Crippen LogP contribution is -2.16. The third-order valence-electron chi connectivity index (χ3n) is 4.30. The van der Waals surface area contributed by atoms with Crippen LogP contribution in [0.4, 0.5) is 5.13 Å². The summed E-state index contributed by atoms with van der Waals surface area (Å²) in [4.78, 5) is 16.3. The Labute approximate surface area is 200 Å². The summed E-state index contributed by atoms with van der Waals surface area (Å²) in [5, 5.41) is 10.5. The van der Waals surface area contributed by atoms with Crippen LogP contribution >= 0.6 is 11.5 Å². The summed E-state index contributed by atoms with van der Waals surface area (Å²) in [6.07, 6.45) is 1.28. The maximum atomic E-state index is 12.4. The van der Waals surface area contributed by atoms with Crippen LogP contribution in [-0.2, 0) is 24.7 Å². The standard InChI is InChI=1S/C21H18N4O6S3/c1-14(2)33(27,28)21-24-20(32-25-21)23-19(26)16(13-22)12-15-8-10-17(11-9-15)31-34(29,30)18-6-4-3-5-7-18/h3-12,14H,1-2H3,(H,23,24,25,26)/b16-12-. The monoisotopic (exact) mass is 518 g/mol. The molecule has 0 aliphatic carbocycles. The second-order valence-electron chi connectivity index (χ2n) is 7.02. The Bertz CT molecular complexity index is 1470. The van der Waals surface area contributed by atoms with Gasteiger partial charge in [0, 0.05) is 11.5 Å². The van der Waals surface area contributed by atoms with Crippen molar-refractivity contribution >= 4 is 48.6 Å². The molecule has 0 spiro atoms. The third-order valence-corrected chi connectivity index (χ3v) is 8.24. The molecule has 0 bridgehead atoms. The minimum absolute atomic E-state index is 0.00318. The number of nitriles is 1. The van der Waals surface area contributed by atoms with Crippen molar-refractivity contribution in [3.05, 3.63) is 65.7 Å². The van der Waals surface area contributed by atoms with E-state index in [1.54, 1.807) is 24.3 Å². The molecular formula is C21H18N4O6S3. The minimum Gasteiger partial charge on any atom is -0.379 e. The van der Waals surface area contributed by atoms with Gasteiger partial charge < -0.3 is 4.18 Å². The maximum absolute atomic E-state index is 12.4. The molecule has 3 rings (SSSR count). The van der Waals surface area contributed by atoms with Crippen molar-refractivity contribution in [1.29, 1.82) is 5.26 Å². The van der Waals surface area contributed by atoms with Crippen LogP contribution in [0.5, 0.6) is 5.75 Å². The van der Waals surface area contributed by atoms with Gasteiger partial charge in [0.05, 0.1) is 5.25 Å². The first-order chi connectivity index (χ1) is 16.0. The predicted molar refractivity (Wildman–Crippen MR) is 125 cm³/mol. The van der Waals surface area contributed by atoms with Gasteiger partial charge in [-0.1, -0.05) is 30.3 Å². The molecule has 13 heteroatoms. The van der Waals surface area contributed by atoms with Gasteiger partial charge in [-0.05, 0) is 49.8 Å². The third kappa shape index (κ3) is 5.84. The van der Waals surface area contributed by atoms with Gasteiger partial charge in [-0.15, -0.1) is 0 Å². The van der Waals surface area contributed by atoms with Gasteiger partial charge in [0.15, 0.2) is 0 Å². The number of anilines is 1. The van der Waals surface area contributed by atoms with E-state index in [0.29, 0.717) is 17.1 Å². The number of carbonyl (C=O) groups is 1. The predicted octanol–water partition coefficient (Wildman–Crippen LogP) is 3.03. The lowest BCUT2D eigenvalue weighted by Gasteiger charge is -2.07. The first kappa shape index (κ1) is 25.0. The highest BCUT2D eigenvalue weighted by molar-refractivity contribution is 7.91. The van der Waals surface area contributed by atoms with E-state index in [0.717, 1.165) is 0 Å². The number of carbonyl (C=O) groups excluding carboxylic acids is 1. The number of nitrogens with zero attached hydrogens (tertiary/aromatic N) is 3. The molecule has 0 fully saturated rings. The number of rotatable bonds is 8. The normalized spacial score (nSPS) is 12.2. The van der Waals surface area contributed by atoms with Crippen LogP contribution in [0.2, 0.25) is 0 Å². The van der Waals surface area contributed by atoms with Crippen molar-refractivity contribution in [1.82, 2.24) is 9.36 Å². The van der Waals surface area contributed by atoms with E-state index in [4.69, 9.17) is 4.18 Å². The SMILES string of the molecule is CC(C)S(=O)(=O)c1nsc(NC(=O)/C(C#N)=C\c2ccc(OS(=O)(=O)c3ccccc3)cc2)n1. The first-order valence-electron chi connectivity index (χ1n) is 9.63. The fourth-order valence-corrected chi connectivity index (χ4v) is 5.10. The van der Waals surface area contributed by atoms with Gasteiger partial charge in [0.2, 0.25) is 15.0 Å². The molecule has 3 aromatic rings. The molecule has 0 saturated carbocycles. The second-order valence-corrected chi connectivity index (χ2v) is 11.7. The Balaban J connectivity index is 1.72. The summed E-state index contributed by atoms with van der Waals surface area (Å²) >= 11 is 0.679. The number of nitrogens with one attached hydrogen (secondary N) is 1. The maximum Gasteiger partial charge on any atom is 0.339 e. The molecule has 1 heterocycles. The number of aromatic nitrogens is 2. The van der Waals surface area contributed by atoms with Crippen LogP contribution in [0.1, 0.15) is 19.4 Å². The highest BCUT2D eigenvalue weighted by Crippen LogP contribution is 2.21. The zero-order valence-electron chi connectivity index (χ0n) is 17.9. The molecule has 0 aliphatic heterocycles. The molecular weight excluding hydrogens is 500 g/mol. The summed E-state index contributed by atoms with van der Waals surface area (Å²) in [6.45, 7) is 2.97. The Morgan fingerprint density at radius 2 is 1.74 bits per heavy atom. The lowest BCUT2D eigenvalue weighted by atomic mass is 10.1. The summed E-state index contributed by atoms with van der Waals surface area (Å²) in [6, 6.07) is 15.1. The zero-order chi connectivity index (χ0) is 24.9. The average molecular weight is 519 g/mol. The Morgan fingerprint density at radius 3 is 2.32 bits per heavy atom. The molecule has 0 radical (unpaired) electrons. The van der Waals surface area contributed by atoms with E-state index < -0.39 is 36.3 Å². The summed E-state index contributed by atoms with van der Waals surface area (Å²) in [5.41, 5.74) is 0.144. The highest BCUT2D eigenvalue weighted by Gasteiger charge is 2.25. The van der Waals surface area contributed by atoms with E-state index in [-0.39, 0.29) is 21.3 Å². The quantitative estimate of drug-likeness (QED) is 0.269. The largest absolute Gasteiger partial charge is 0.379 e. The van der Waals surface area contributed by atoms with Crippen LogP contribution in [0.3, 0.4) is 0 Å². The topological polar surface area (TPSA) is 156 Å². The molecule has 0 aliphatic rings. The molecule has 1 aromatic heterocycles. The first-order valence-corrected chi connectivity index (χ1v) is 13.4. The van der Waals surface area contributed by atoms with E-state index >= 15 is 0 Å². The molecule has 176 valence electrons. The fourth-order valence-electron chi connectivity index (χ4n) is 2.45. The van der Waals surface area contributed by atoms with E-state index in [1.807, 2.05) is 0 Å². The Kier molecular flexibility index (Phi) is 7.45. The molecule has 1 amide bonds. The molecule has 0 unspecified atom stereocenters. The summed E-state index contributed by atoms with van der Waals surface area (Å²) in [7, 11) is -7.70. The van der Waals surface area contributed by atoms with E-state index in [2.05, 4.69) is 14.7 Å². The van der Waals surface area contributed by atoms with E-state index in [9.17, 15) is 26.9 Å². The Morgan fingerprint density at radius 1 is 1.09 bits per heavy atom. The van der Waals surface area contributed by atoms with Gasteiger partial charge in [-0.3, -0.25) is 10.1 Å². The van der Waals surface area contributed by atoms with Crippen molar-refractivity contribution in [3.8, 4) is 11.8 Å². The number of benzene rings is 2. The summed E-state index contributed by atoms with van der Waals surface area (Å²) in [5.74, 6) is -0.754. The minimum atomic E-state index is -4.00. The van der Waals surface area contributed by atoms with Crippen LogP contribution in [0.15, 0.2) is 70.2 Å². The van der Waals surface area contributed by atoms with Crippen molar-refractivity contribution < 1.29 is 25.8 Å². The van der Waals surface area contributed by atoms with Crippen LogP contribution in [0, 0.1) is 11.3 Å². The molecule has 1 N–H and O–H groups in total. The van der Waals surface area contributed by atoms with Gasteiger partial charge in [-0.25, -0.2) is 8.42 Å². The number of hydrogen-bond acceptors (Lipinski definition) is 10. The van der Waals surface area contributed by atoms with E-state index in [1.165, 1.54) is 56.3 Å². The molecule has 0 saturated heterocycles. The molecule has 10 nitrogen and oxygen atoms in total. The molecule has 0 atom stereocenters. The van der Waals surface area contributed by atoms with Crippen molar-refractivity contribution in [2.45, 2.75) is 29.1 Å². The van der Waals surface area contributed by atoms with Crippen molar-refractivity contribution in [2.75, 3.05) is 5.32 Å². The van der Waals surface area contributed by atoms with Crippen LogP contribution < -0.4 is 9.50 Å². The smallest absolute Gasteiger partial charge is 0.339 e. The van der Waals surface area contributed by atoms with Gasteiger partial charge >= 0.3 is 10.1 Å². The number of hydrogen-bond donors (Lipinski definition) is 1. The van der Waals surface area contributed by atoms with Crippen LogP contribution in [-0.4, -0.2) is 37.4 Å². The number of amides is 1. The van der Waals surface area contributed by atoms with Gasteiger partial charge in [0.25, 0.3) is 11.1 Å². The van der Waals surface area contributed by atoms with Gasteiger partial charge in [0.1, 0.15) is 22.3 Å².